The van der Waals surface area contributed by atoms with E-state index in [4.69, 9.17) is 0 Å². The number of carbonyl (C=O) groups excluding carboxylic acids is 1. The molecule has 0 aliphatic carbocycles. The summed E-state index contributed by atoms with van der Waals surface area (Å²) in [5, 5.41) is 14.5. The maximum atomic E-state index is 12.1. The van der Waals surface area contributed by atoms with Crippen molar-refractivity contribution in [3.63, 3.8) is 0 Å². The van der Waals surface area contributed by atoms with Crippen molar-refractivity contribution in [3.05, 3.63) is 71.8 Å². The minimum Gasteiger partial charge on any atom is -0.480 e. The molecule has 0 aromatic heterocycles. The normalized spacial score (nSPS) is 12.0. The van der Waals surface area contributed by atoms with Gasteiger partial charge in [-0.25, -0.2) is 9.59 Å². The van der Waals surface area contributed by atoms with Crippen molar-refractivity contribution in [3.8, 4) is 0 Å². The van der Waals surface area contributed by atoms with Gasteiger partial charge >= 0.3 is 12.0 Å². The number of amides is 2. The Balaban J connectivity index is 2.08. The number of aliphatic carboxylic acids is 1. The summed E-state index contributed by atoms with van der Waals surface area (Å²) in [6.07, 6.45) is 0. The first-order valence-electron chi connectivity index (χ1n) is 8.36. The molecule has 0 heterocycles. The van der Waals surface area contributed by atoms with Crippen molar-refractivity contribution in [1.82, 2.24) is 10.6 Å². The number of benzene rings is 2. The van der Waals surface area contributed by atoms with Crippen LogP contribution in [0.4, 0.5) is 4.79 Å². The zero-order valence-electron chi connectivity index (χ0n) is 14.5. The number of carbonyl (C=O) groups is 2. The second-order valence-corrected chi connectivity index (χ2v) is 6.29. The lowest BCUT2D eigenvalue weighted by atomic mass is 9.91. The zero-order chi connectivity index (χ0) is 18.2. The molecule has 2 rings (SSSR count). The molecule has 3 N–H and O–H groups in total. The standard InChI is InChI=1S/C20H24N2O3/c1-14(2)18(19(23)24)22-20(25)21-13-17(15-9-5-3-6-10-15)16-11-7-4-8-12-16/h3-12,14,17-18H,13H2,1-2H3,(H,23,24)(H2,21,22,25). The largest absolute Gasteiger partial charge is 0.480 e. The van der Waals surface area contributed by atoms with Crippen molar-refractivity contribution in [2.45, 2.75) is 25.8 Å². The first kappa shape index (κ1) is 18.5. The van der Waals surface area contributed by atoms with Crippen LogP contribution in [-0.2, 0) is 4.79 Å². The number of carboxylic acid groups (broad SMARTS) is 1. The van der Waals surface area contributed by atoms with Crippen LogP contribution >= 0.6 is 0 Å². The van der Waals surface area contributed by atoms with Crippen molar-refractivity contribution in [2.75, 3.05) is 6.54 Å². The van der Waals surface area contributed by atoms with Crippen LogP contribution < -0.4 is 10.6 Å². The molecule has 0 fully saturated rings. The molecule has 1 atom stereocenters. The van der Waals surface area contributed by atoms with E-state index in [0.717, 1.165) is 11.1 Å². The van der Waals surface area contributed by atoms with E-state index in [1.807, 2.05) is 60.7 Å². The first-order chi connectivity index (χ1) is 12.0. The van der Waals surface area contributed by atoms with Gasteiger partial charge in [0.25, 0.3) is 0 Å². The van der Waals surface area contributed by atoms with Gasteiger partial charge in [0.05, 0.1) is 0 Å². The van der Waals surface area contributed by atoms with Gasteiger partial charge in [0.15, 0.2) is 0 Å². The number of rotatable bonds is 7. The Bertz CT molecular complexity index is 647. The maximum Gasteiger partial charge on any atom is 0.326 e. The van der Waals surface area contributed by atoms with Crippen LogP contribution in [0.2, 0.25) is 0 Å². The molecule has 5 nitrogen and oxygen atoms in total. The fourth-order valence-electron chi connectivity index (χ4n) is 2.70. The second-order valence-electron chi connectivity index (χ2n) is 6.29. The number of hydrogen-bond donors (Lipinski definition) is 3. The lowest BCUT2D eigenvalue weighted by molar-refractivity contribution is -0.140. The van der Waals surface area contributed by atoms with Crippen molar-refractivity contribution >= 4 is 12.0 Å². The zero-order valence-corrected chi connectivity index (χ0v) is 14.5. The van der Waals surface area contributed by atoms with Gasteiger partial charge in [0, 0.05) is 12.5 Å². The van der Waals surface area contributed by atoms with E-state index in [1.54, 1.807) is 13.8 Å². The topological polar surface area (TPSA) is 78.4 Å². The molecule has 0 radical (unpaired) electrons. The molecule has 5 heteroatoms. The Hall–Kier alpha value is -2.82. The second kappa shape index (κ2) is 8.87. The van der Waals surface area contributed by atoms with Gasteiger partial charge in [-0.1, -0.05) is 74.5 Å². The van der Waals surface area contributed by atoms with Gasteiger partial charge in [-0.3, -0.25) is 0 Å². The van der Waals surface area contributed by atoms with E-state index in [2.05, 4.69) is 10.6 Å². The smallest absolute Gasteiger partial charge is 0.326 e. The quantitative estimate of drug-likeness (QED) is 0.724. The Morgan fingerprint density at radius 3 is 1.80 bits per heavy atom. The molecule has 0 bridgehead atoms. The summed E-state index contributed by atoms with van der Waals surface area (Å²) in [5.41, 5.74) is 2.18. The van der Waals surface area contributed by atoms with Gasteiger partial charge < -0.3 is 15.7 Å². The Morgan fingerprint density at radius 1 is 0.920 bits per heavy atom. The fraction of sp³-hybridized carbons (Fsp3) is 0.300. The van der Waals surface area contributed by atoms with Gasteiger partial charge in [0.1, 0.15) is 6.04 Å². The Morgan fingerprint density at radius 2 is 1.40 bits per heavy atom. The minimum absolute atomic E-state index is 0.00419. The lowest BCUT2D eigenvalue weighted by Gasteiger charge is -2.21. The van der Waals surface area contributed by atoms with Gasteiger partial charge in [0.2, 0.25) is 0 Å². The van der Waals surface area contributed by atoms with Crippen LogP contribution in [0.3, 0.4) is 0 Å². The van der Waals surface area contributed by atoms with Gasteiger partial charge in [-0.2, -0.15) is 0 Å². The van der Waals surface area contributed by atoms with Crippen LogP contribution in [0, 0.1) is 5.92 Å². The van der Waals surface area contributed by atoms with Gasteiger partial charge in [-0.15, -0.1) is 0 Å². The summed E-state index contributed by atoms with van der Waals surface area (Å²) in [6, 6.07) is 18.4. The van der Waals surface area contributed by atoms with E-state index in [9.17, 15) is 14.7 Å². The number of hydrogen-bond acceptors (Lipinski definition) is 2. The first-order valence-corrected chi connectivity index (χ1v) is 8.36. The molecule has 2 amide bonds. The third-order valence-electron chi connectivity index (χ3n) is 4.09. The third kappa shape index (κ3) is 5.35. The molecular formula is C20H24N2O3. The molecule has 1 unspecified atom stereocenters. The van der Waals surface area contributed by atoms with Crippen LogP contribution in [-0.4, -0.2) is 29.7 Å². The van der Waals surface area contributed by atoms with E-state index >= 15 is 0 Å². The minimum atomic E-state index is -1.03. The van der Waals surface area contributed by atoms with E-state index in [0.29, 0.717) is 6.54 Å². The highest BCUT2D eigenvalue weighted by atomic mass is 16.4. The highest BCUT2D eigenvalue weighted by molar-refractivity contribution is 5.82. The predicted octanol–water partition coefficient (Wildman–Crippen LogP) is 3.23. The summed E-state index contributed by atoms with van der Waals surface area (Å²) in [6.45, 7) is 3.90. The molecular weight excluding hydrogens is 316 g/mol. The predicted molar refractivity (Wildman–Crippen MR) is 97.5 cm³/mol. The lowest BCUT2D eigenvalue weighted by Crippen LogP contribution is -2.49. The monoisotopic (exact) mass is 340 g/mol. The van der Waals surface area contributed by atoms with Crippen LogP contribution in [0.25, 0.3) is 0 Å². The van der Waals surface area contributed by atoms with E-state index < -0.39 is 18.0 Å². The summed E-state index contributed by atoms with van der Waals surface area (Å²) < 4.78 is 0. The third-order valence-corrected chi connectivity index (χ3v) is 4.09. The van der Waals surface area contributed by atoms with Crippen molar-refractivity contribution in [1.29, 1.82) is 0 Å². The Kier molecular flexibility index (Phi) is 6.57. The fourth-order valence-corrected chi connectivity index (χ4v) is 2.70. The molecule has 2 aromatic carbocycles. The highest BCUT2D eigenvalue weighted by Crippen LogP contribution is 2.23. The average Bonchev–Trinajstić information content (AvgIpc) is 2.61. The van der Waals surface area contributed by atoms with Gasteiger partial charge in [-0.05, 0) is 17.0 Å². The van der Waals surface area contributed by atoms with E-state index in [1.165, 1.54) is 0 Å². The molecule has 132 valence electrons. The summed E-state index contributed by atoms with van der Waals surface area (Å²) in [4.78, 5) is 23.4. The van der Waals surface area contributed by atoms with Crippen LogP contribution in [0.1, 0.15) is 30.9 Å². The molecule has 2 aromatic rings. The molecule has 25 heavy (non-hydrogen) atoms. The molecule has 0 aliphatic heterocycles. The number of nitrogens with one attached hydrogen (secondary N) is 2. The average molecular weight is 340 g/mol. The Labute approximate surface area is 148 Å². The summed E-state index contributed by atoms with van der Waals surface area (Å²) in [7, 11) is 0. The van der Waals surface area contributed by atoms with Crippen LogP contribution in [0.5, 0.6) is 0 Å². The molecule has 0 saturated heterocycles. The summed E-state index contributed by atoms with van der Waals surface area (Å²) >= 11 is 0. The molecule has 0 saturated carbocycles. The van der Waals surface area contributed by atoms with Crippen molar-refractivity contribution in [2.24, 2.45) is 5.92 Å². The maximum absolute atomic E-state index is 12.1. The molecule has 0 spiro atoms. The van der Waals surface area contributed by atoms with Crippen LogP contribution in [0.15, 0.2) is 60.7 Å². The van der Waals surface area contributed by atoms with E-state index in [-0.39, 0.29) is 11.8 Å². The highest BCUT2D eigenvalue weighted by Gasteiger charge is 2.24. The molecule has 0 aliphatic rings. The van der Waals surface area contributed by atoms with Crippen molar-refractivity contribution < 1.29 is 14.7 Å². The SMILES string of the molecule is CC(C)C(NC(=O)NCC(c1ccccc1)c1ccccc1)C(=O)O. The number of carboxylic acids is 1. The summed E-state index contributed by atoms with van der Waals surface area (Å²) in [5.74, 6) is -1.23. The number of urea groups is 1.